The van der Waals surface area contributed by atoms with Gasteiger partial charge in [-0.1, -0.05) is 36.7 Å². The van der Waals surface area contributed by atoms with Crippen LogP contribution in [0.1, 0.15) is 27.7 Å². The SMILES string of the molecule is C/C(CO[Si](C)(C)C(C)(C)C)=C(/Br)COS(C)(=O)=O. The molecule has 0 aliphatic heterocycles. The van der Waals surface area contributed by atoms with E-state index in [9.17, 15) is 8.42 Å². The second-order valence-electron chi connectivity index (χ2n) is 6.20. The van der Waals surface area contributed by atoms with E-state index in [-0.39, 0.29) is 11.6 Å². The Morgan fingerprint density at radius 1 is 1.21 bits per heavy atom. The van der Waals surface area contributed by atoms with Crippen LogP contribution >= 0.6 is 15.9 Å². The van der Waals surface area contributed by atoms with Crippen LogP contribution in [-0.4, -0.2) is 36.2 Å². The molecular formula is C12H25BrO4SSi. The molecule has 0 aliphatic rings. The molecule has 19 heavy (non-hydrogen) atoms. The van der Waals surface area contributed by atoms with E-state index in [0.717, 1.165) is 16.3 Å². The van der Waals surface area contributed by atoms with Gasteiger partial charge in [0.15, 0.2) is 8.32 Å². The van der Waals surface area contributed by atoms with Gasteiger partial charge in [0, 0.05) is 4.48 Å². The Bertz CT molecular complexity index is 435. The Morgan fingerprint density at radius 2 is 1.68 bits per heavy atom. The van der Waals surface area contributed by atoms with Crippen molar-refractivity contribution < 1.29 is 17.0 Å². The van der Waals surface area contributed by atoms with Gasteiger partial charge in [0.05, 0.1) is 19.5 Å². The first-order valence-corrected chi connectivity index (χ1v) is 11.6. The highest BCUT2D eigenvalue weighted by Gasteiger charge is 2.37. The average molecular weight is 373 g/mol. The molecule has 0 spiro atoms. The van der Waals surface area contributed by atoms with Crippen LogP contribution in [0.3, 0.4) is 0 Å². The monoisotopic (exact) mass is 372 g/mol. The van der Waals surface area contributed by atoms with Gasteiger partial charge in [0.1, 0.15) is 0 Å². The van der Waals surface area contributed by atoms with Crippen molar-refractivity contribution in [3.05, 3.63) is 10.1 Å². The molecule has 0 heterocycles. The number of hydrogen-bond acceptors (Lipinski definition) is 4. The smallest absolute Gasteiger partial charge is 0.264 e. The summed E-state index contributed by atoms with van der Waals surface area (Å²) in [6, 6.07) is 0. The van der Waals surface area contributed by atoms with Crippen molar-refractivity contribution in [2.24, 2.45) is 0 Å². The lowest BCUT2D eigenvalue weighted by Gasteiger charge is -2.36. The van der Waals surface area contributed by atoms with Crippen LogP contribution in [-0.2, 0) is 18.7 Å². The van der Waals surface area contributed by atoms with Crippen LogP contribution in [0, 0.1) is 0 Å². The van der Waals surface area contributed by atoms with Crippen LogP contribution < -0.4 is 0 Å². The topological polar surface area (TPSA) is 52.6 Å². The zero-order valence-electron chi connectivity index (χ0n) is 12.8. The third kappa shape index (κ3) is 7.60. The molecule has 0 amide bonds. The van der Waals surface area contributed by atoms with Crippen molar-refractivity contribution in [3.63, 3.8) is 0 Å². The minimum atomic E-state index is -3.42. The van der Waals surface area contributed by atoms with Gasteiger partial charge in [-0.05, 0) is 30.6 Å². The quantitative estimate of drug-likeness (QED) is 0.527. The van der Waals surface area contributed by atoms with E-state index in [0.29, 0.717) is 6.61 Å². The number of rotatable bonds is 6. The van der Waals surface area contributed by atoms with E-state index in [1.54, 1.807) is 0 Å². The lowest BCUT2D eigenvalue weighted by Crippen LogP contribution is -2.41. The molecule has 0 radical (unpaired) electrons. The van der Waals surface area contributed by atoms with Crippen molar-refractivity contribution in [2.45, 2.75) is 45.8 Å². The van der Waals surface area contributed by atoms with Crippen molar-refractivity contribution in [1.29, 1.82) is 0 Å². The van der Waals surface area contributed by atoms with Gasteiger partial charge in [0.25, 0.3) is 10.1 Å². The molecule has 7 heteroatoms. The van der Waals surface area contributed by atoms with Gasteiger partial charge >= 0.3 is 0 Å². The van der Waals surface area contributed by atoms with Gasteiger partial charge in [-0.3, -0.25) is 4.18 Å². The largest absolute Gasteiger partial charge is 0.413 e. The van der Waals surface area contributed by atoms with Crippen molar-refractivity contribution in [2.75, 3.05) is 19.5 Å². The number of hydrogen-bond donors (Lipinski definition) is 0. The van der Waals surface area contributed by atoms with E-state index < -0.39 is 18.4 Å². The van der Waals surface area contributed by atoms with E-state index in [1.165, 1.54) is 0 Å². The van der Waals surface area contributed by atoms with Gasteiger partial charge in [-0.2, -0.15) is 8.42 Å². The molecule has 0 aliphatic carbocycles. The summed E-state index contributed by atoms with van der Waals surface area (Å²) < 4.78 is 33.3. The third-order valence-corrected chi connectivity index (χ3v) is 9.25. The molecule has 0 unspecified atom stereocenters. The molecule has 0 atom stereocenters. The summed E-state index contributed by atoms with van der Waals surface area (Å²) in [6.07, 6.45) is 1.04. The fourth-order valence-electron chi connectivity index (χ4n) is 0.865. The molecule has 4 nitrogen and oxygen atoms in total. The minimum Gasteiger partial charge on any atom is -0.413 e. The van der Waals surface area contributed by atoms with Gasteiger partial charge in [-0.15, -0.1) is 0 Å². The van der Waals surface area contributed by atoms with E-state index in [4.69, 9.17) is 8.61 Å². The van der Waals surface area contributed by atoms with Gasteiger partial charge in [0.2, 0.25) is 0 Å². The van der Waals surface area contributed by atoms with Crippen LogP contribution in [0.4, 0.5) is 0 Å². The molecule has 0 aromatic carbocycles. The first-order valence-electron chi connectivity index (χ1n) is 6.09. The minimum absolute atomic E-state index is 0.0194. The highest BCUT2D eigenvalue weighted by atomic mass is 79.9. The lowest BCUT2D eigenvalue weighted by atomic mass is 10.2. The van der Waals surface area contributed by atoms with Crippen molar-refractivity contribution in [3.8, 4) is 0 Å². The maximum Gasteiger partial charge on any atom is 0.264 e. The molecule has 0 N–H and O–H groups in total. The zero-order valence-corrected chi connectivity index (χ0v) is 16.2. The van der Waals surface area contributed by atoms with Crippen molar-refractivity contribution in [1.82, 2.24) is 0 Å². The Balaban J connectivity index is 4.57. The predicted molar refractivity (Wildman–Crippen MR) is 85.6 cm³/mol. The van der Waals surface area contributed by atoms with E-state index in [1.807, 2.05) is 6.92 Å². The van der Waals surface area contributed by atoms with Crippen LogP contribution in [0.15, 0.2) is 10.1 Å². The Kier molecular flexibility index (Phi) is 6.95. The molecule has 0 bridgehead atoms. The molecule has 0 saturated heterocycles. The molecule has 0 rings (SSSR count). The summed E-state index contributed by atoms with van der Waals surface area (Å²) in [4.78, 5) is 0. The summed E-state index contributed by atoms with van der Waals surface area (Å²) in [5, 5.41) is 0.156. The highest BCUT2D eigenvalue weighted by Crippen LogP contribution is 2.36. The zero-order chi connectivity index (χ0) is 15.5. The number of halogens is 1. The maximum absolute atomic E-state index is 10.9. The van der Waals surface area contributed by atoms with Gasteiger partial charge < -0.3 is 4.43 Å². The molecule has 0 aromatic rings. The highest BCUT2D eigenvalue weighted by molar-refractivity contribution is 9.11. The Morgan fingerprint density at radius 3 is 2.05 bits per heavy atom. The second-order valence-corrected chi connectivity index (χ2v) is 13.6. The first-order chi connectivity index (χ1) is 8.26. The molecule has 0 saturated carbocycles. The summed E-state index contributed by atoms with van der Waals surface area (Å²) >= 11 is 3.34. The standard InChI is InChI=1S/C12H25BrO4SSi/c1-10(11(13)9-16-18(5,14)15)8-17-19(6,7)12(2,3)4/h8-9H2,1-7H3/b11-10-. The molecule has 0 fully saturated rings. The van der Waals surface area contributed by atoms with Crippen molar-refractivity contribution >= 4 is 34.4 Å². The Hall–Kier alpha value is 0.307. The van der Waals surface area contributed by atoms with E-state index in [2.05, 4.69) is 49.8 Å². The molecular weight excluding hydrogens is 348 g/mol. The van der Waals surface area contributed by atoms with E-state index >= 15 is 0 Å². The van der Waals surface area contributed by atoms with Gasteiger partial charge in [-0.25, -0.2) is 0 Å². The van der Waals surface area contributed by atoms with Crippen LogP contribution in [0.5, 0.6) is 0 Å². The lowest BCUT2D eigenvalue weighted by molar-refractivity contribution is 0.314. The Labute approximate surface area is 126 Å². The summed E-state index contributed by atoms with van der Waals surface area (Å²) in [5.41, 5.74) is 0.952. The maximum atomic E-state index is 10.9. The van der Waals surface area contributed by atoms with Crippen LogP contribution in [0.25, 0.3) is 0 Å². The third-order valence-electron chi connectivity index (χ3n) is 3.32. The fourth-order valence-corrected chi connectivity index (χ4v) is 2.59. The fraction of sp³-hybridized carbons (Fsp3) is 0.833. The predicted octanol–water partition coefficient (Wildman–Crippen LogP) is 3.65. The summed E-state index contributed by atoms with van der Waals surface area (Å²) in [5.74, 6) is 0. The normalized spacial score (nSPS) is 15.4. The molecule has 0 aromatic heterocycles. The average Bonchev–Trinajstić information content (AvgIpc) is 2.19. The molecule has 114 valence electrons. The summed E-state index contributed by atoms with van der Waals surface area (Å²) in [7, 11) is -5.20. The second kappa shape index (κ2) is 6.84. The summed E-state index contributed by atoms with van der Waals surface area (Å²) in [6.45, 7) is 13.3. The first kappa shape index (κ1) is 19.3. The van der Waals surface area contributed by atoms with Crippen LogP contribution in [0.2, 0.25) is 18.1 Å².